The highest BCUT2D eigenvalue weighted by Gasteiger charge is 2.33. The number of hydrogen-bond donors (Lipinski definition) is 0. The maximum atomic E-state index is 5.76. The zero-order valence-corrected chi connectivity index (χ0v) is 17.5. The van der Waals surface area contributed by atoms with Crippen molar-refractivity contribution in [1.82, 2.24) is 0 Å². The normalized spacial score (nSPS) is 30.3. The van der Waals surface area contributed by atoms with E-state index in [0.29, 0.717) is 39.6 Å². The van der Waals surface area contributed by atoms with Crippen molar-refractivity contribution in [2.24, 2.45) is 0 Å². The smallest absolute Gasteiger partial charge is 0.163 e. The van der Waals surface area contributed by atoms with Crippen molar-refractivity contribution in [3.63, 3.8) is 0 Å². The zero-order valence-electron chi connectivity index (χ0n) is 15.8. The highest BCUT2D eigenvalue weighted by Crippen LogP contribution is 2.40. The third kappa shape index (κ3) is 6.53. The lowest BCUT2D eigenvalue weighted by Gasteiger charge is -2.18. The highest BCUT2D eigenvalue weighted by molar-refractivity contribution is 8.79. The molecule has 2 saturated heterocycles. The average Bonchev–Trinajstić information content (AvgIpc) is 3.10. The van der Waals surface area contributed by atoms with Crippen LogP contribution in [0.15, 0.2) is 22.0 Å². The molecule has 0 bridgehead atoms. The Balaban J connectivity index is 1.30. The van der Waals surface area contributed by atoms with E-state index in [9.17, 15) is 0 Å². The third-order valence-electron chi connectivity index (χ3n) is 3.94. The topological polar surface area (TPSA) is 55.4 Å². The van der Waals surface area contributed by atoms with Gasteiger partial charge in [-0.15, -0.1) is 0 Å². The molecule has 0 N–H and O–H groups in total. The van der Waals surface area contributed by atoms with Crippen molar-refractivity contribution in [3.8, 4) is 0 Å². The maximum absolute atomic E-state index is 5.76. The monoisotopic (exact) mass is 404 g/mol. The van der Waals surface area contributed by atoms with Gasteiger partial charge in [-0.1, -0.05) is 21.6 Å². The summed E-state index contributed by atoms with van der Waals surface area (Å²) >= 11 is 0. The van der Waals surface area contributed by atoms with Crippen LogP contribution in [0.5, 0.6) is 0 Å². The van der Waals surface area contributed by atoms with Crippen LogP contribution < -0.4 is 0 Å². The molecule has 0 aliphatic carbocycles. The van der Waals surface area contributed by atoms with Crippen LogP contribution in [0.3, 0.4) is 0 Å². The Labute approximate surface area is 163 Å². The van der Waals surface area contributed by atoms with E-state index in [-0.39, 0.29) is 12.2 Å². The SMILES string of the molecule is CC1(C)OC[C@@H](COCC2=CC=C(COC[C@@H]3COC(C)(C)O3)SS2)O1. The Kier molecular flexibility index (Phi) is 7.12. The van der Waals surface area contributed by atoms with Gasteiger partial charge < -0.3 is 28.4 Å². The molecular formula is C18H28O6S2. The maximum Gasteiger partial charge on any atom is 0.163 e. The molecule has 3 rings (SSSR count). The summed E-state index contributed by atoms with van der Waals surface area (Å²) in [4.78, 5) is 2.37. The molecule has 2 atom stereocenters. The molecular weight excluding hydrogens is 376 g/mol. The Bertz CT molecular complexity index is 498. The van der Waals surface area contributed by atoms with Gasteiger partial charge in [-0.05, 0) is 39.8 Å². The summed E-state index contributed by atoms with van der Waals surface area (Å²) < 4.78 is 34.0. The minimum atomic E-state index is -0.494. The molecule has 0 saturated carbocycles. The van der Waals surface area contributed by atoms with Crippen LogP contribution >= 0.6 is 21.6 Å². The minimum absolute atomic E-state index is 0.0121. The first-order chi connectivity index (χ1) is 12.3. The standard InChI is InChI=1S/C18H28O6S2/c1-17(2)21-9-13(23-17)7-19-11-15-5-6-16(26-25-15)12-20-8-14-10-22-18(3,4)24-14/h5-6,13-14H,7-12H2,1-4H3/t13-,14-/m1/s1. The molecule has 0 unspecified atom stereocenters. The van der Waals surface area contributed by atoms with E-state index in [4.69, 9.17) is 28.4 Å². The summed E-state index contributed by atoms with van der Waals surface area (Å²) in [7, 11) is 3.43. The van der Waals surface area contributed by atoms with Gasteiger partial charge >= 0.3 is 0 Å². The van der Waals surface area contributed by atoms with Crippen LogP contribution in [-0.2, 0) is 28.4 Å². The molecule has 0 amide bonds. The van der Waals surface area contributed by atoms with Gasteiger partial charge in [0.25, 0.3) is 0 Å². The van der Waals surface area contributed by atoms with E-state index in [1.807, 2.05) is 27.7 Å². The fourth-order valence-electron chi connectivity index (χ4n) is 2.77. The minimum Gasteiger partial charge on any atom is -0.373 e. The first-order valence-corrected chi connectivity index (χ1v) is 11.0. The lowest BCUT2D eigenvalue weighted by Crippen LogP contribution is -2.24. The largest absolute Gasteiger partial charge is 0.373 e. The number of ether oxygens (including phenoxy) is 6. The second-order valence-corrected chi connectivity index (χ2v) is 9.75. The molecule has 0 radical (unpaired) electrons. The van der Waals surface area contributed by atoms with Crippen LogP contribution in [0.25, 0.3) is 0 Å². The van der Waals surface area contributed by atoms with E-state index >= 15 is 0 Å². The van der Waals surface area contributed by atoms with Gasteiger partial charge in [0.1, 0.15) is 12.2 Å². The highest BCUT2D eigenvalue weighted by atomic mass is 33.1. The fraction of sp³-hybridized carbons (Fsp3) is 0.778. The van der Waals surface area contributed by atoms with Crippen molar-refractivity contribution in [1.29, 1.82) is 0 Å². The molecule has 2 fully saturated rings. The van der Waals surface area contributed by atoms with E-state index < -0.39 is 11.6 Å². The summed E-state index contributed by atoms with van der Waals surface area (Å²) in [5, 5.41) is 0. The molecule has 26 heavy (non-hydrogen) atoms. The number of hydrogen-bond acceptors (Lipinski definition) is 8. The fourth-order valence-corrected chi connectivity index (χ4v) is 4.75. The van der Waals surface area contributed by atoms with Crippen molar-refractivity contribution in [2.75, 3.05) is 39.6 Å². The molecule has 8 heteroatoms. The van der Waals surface area contributed by atoms with Crippen LogP contribution in [0.2, 0.25) is 0 Å². The molecule has 0 aromatic rings. The van der Waals surface area contributed by atoms with Crippen molar-refractivity contribution in [2.45, 2.75) is 51.5 Å². The van der Waals surface area contributed by atoms with Gasteiger partial charge in [0, 0.05) is 9.81 Å². The summed E-state index contributed by atoms with van der Waals surface area (Å²) in [6.07, 6.45) is 4.21. The van der Waals surface area contributed by atoms with E-state index in [1.54, 1.807) is 21.6 Å². The molecule has 0 aromatic heterocycles. The van der Waals surface area contributed by atoms with Gasteiger partial charge in [0.05, 0.1) is 39.6 Å². The number of allylic oxidation sites excluding steroid dienone is 2. The van der Waals surface area contributed by atoms with Crippen LogP contribution in [-0.4, -0.2) is 63.4 Å². The van der Waals surface area contributed by atoms with Gasteiger partial charge in [-0.2, -0.15) is 0 Å². The second-order valence-electron chi connectivity index (χ2n) is 7.36. The van der Waals surface area contributed by atoms with Crippen molar-refractivity contribution in [3.05, 3.63) is 22.0 Å². The predicted molar refractivity (Wildman–Crippen MR) is 103 cm³/mol. The lowest BCUT2D eigenvalue weighted by molar-refractivity contribution is -0.144. The first kappa shape index (κ1) is 20.7. The lowest BCUT2D eigenvalue weighted by atomic mass is 10.4. The molecule has 3 aliphatic rings. The molecule has 6 nitrogen and oxygen atoms in total. The second kappa shape index (κ2) is 8.96. The van der Waals surface area contributed by atoms with E-state index in [2.05, 4.69) is 12.2 Å². The predicted octanol–water partition coefficient (Wildman–Crippen LogP) is 3.49. The van der Waals surface area contributed by atoms with E-state index in [1.165, 1.54) is 9.81 Å². The molecule has 0 spiro atoms. The molecule has 148 valence electrons. The Morgan fingerprint density at radius 1 is 0.846 bits per heavy atom. The van der Waals surface area contributed by atoms with Crippen LogP contribution in [0, 0.1) is 0 Å². The summed E-state index contributed by atoms with van der Waals surface area (Å²) in [5.41, 5.74) is 0. The third-order valence-corrected chi connectivity index (χ3v) is 6.50. The van der Waals surface area contributed by atoms with Gasteiger partial charge in [-0.25, -0.2) is 0 Å². The summed E-state index contributed by atoms with van der Waals surface area (Å²) in [6, 6.07) is 0. The van der Waals surface area contributed by atoms with Crippen molar-refractivity contribution < 1.29 is 28.4 Å². The average molecular weight is 405 g/mol. The molecule has 0 aromatic carbocycles. The first-order valence-electron chi connectivity index (χ1n) is 8.85. The van der Waals surface area contributed by atoms with Crippen LogP contribution in [0.1, 0.15) is 27.7 Å². The van der Waals surface area contributed by atoms with Gasteiger partial charge in [0.15, 0.2) is 11.6 Å². The zero-order chi connectivity index (χ0) is 18.6. The molecule has 3 heterocycles. The summed E-state index contributed by atoms with van der Waals surface area (Å²) in [6.45, 7) is 11.1. The van der Waals surface area contributed by atoms with Crippen LogP contribution in [0.4, 0.5) is 0 Å². The van der Waals surface area contributed by atoms with Crippen molar-refractivity contribution >= 4 is 21.6 Å². The quantitative estimate of drug-likeness (QED) is 0.570. The van der Waals surface area contributed by atoms with Gasteiger partial charge in [0.2, 0.25) is 0 Å². The Morgan fingerprint density at radius 3 is 1.58 bits per heavy atom. The molecule has 3 aliphatic heterocycles. The van der Waals surface area contributed by atoms with E-state index in [0.717, 1.165) is 0 Å². The van der Waals surface area contributed by atoms with Gasteiger partial charge in [-0.3, -0.25) is 0 Å². The Morgan fingerprint density at radius 2 is 1.27 bits per heavy atom. The Hall–Kier alpha value is -0.0600. The number of rotatable bonds is 8. The summed E-state index contributed by atoms with van der Waals surface area (Å²) in [5.74, 6) is -0.989.